The number of nitrogens with one attached hydrogen (secondary N) is 1. The van der Waals surface area contributed by atoms with E-state index < -0.39 is 16.0 Å². The maximum absolute atomic E-state index is 12.3. The number of hydrogen-bond donors (Lipinski definition) is 1. The number of fused-ring (bicyclic) bond motifs is 3. The minimum Gasteiger partial charge on any atom is -0.452 e. The predicted molar refractivity (Wildman–Crippen MR) is 102 cm³/mol. The van der Waals surface area contributed by atoms with Crippen LogP contribution < -0.4 is 10.2 Å². The van der Waals surface area contributed by atoms with E-state index in [1.54, 1.807) is 18.2 Å². The number of sulfonamides is 1. The summed E-state index contributed by atoms with van der Waals surface area (Å²) in [4.78, 5) is 26.7. The van der Waals surface area contributed by atoms with E-state index in [2.05, 4.69) is 9.71 Å². The third-order valence-corrected chi connectivity index (χ3v) is 7.07. The lowest BCUT2D eigenvalue weighted by molar-refractivity contribution is -0.124. The van der Waals surface area contributed by atoms with E-state index in [0.29, 0.717) is 17.3 Å². The third kappa shape index (κ3) is 3.96. The highest BCUT2D eigenvalue weighted by Crippen LogP contribution is 2.42. The molecule has 1 N–H and O–H groups in total. The smallest absolute Gasteiger partial charge is 0.338 e. The highest BCUT2D eigenvalue weighted by Gasteiger charge is 2.33. The second-order valence-corrected chi connectivity index (χ2v) is 9.48. The zero-order valence-corrected chi connectivity index (χ0v) is 16.1. The number of thioether (sulfide) groups is 1. The van der Waals surface area contributed by atoms with Gasteiger partial charge in [-0.3, -0.25) is 4.79 Å². The van der Waals surface area contributed by atoms with Gasteiger partial charge in [-0.15, -0.1) is 4.40 Å². The molecule has 0 saturated heterocycles. The van der Waals surface area contributed by atoms with Crippen LogP contribution in [0.25, 0.3) is 0 Å². The first-order valence-corrected chi connectivity index (χ1v) is 11.2. The monoisotopic (exact) mass is 409 g/mol. The van der Waals surface area contributed by atoms with Crippen LogP contribution in [0.15, 0.2) is 27.5 Å². The number of amidine groups is 1. The molecule has 0 aromatic heterocycles. The molecule has 0 unspecified atom stereocenters. The molecule has 2 aliphatic heterocycles. The van der Waals surface area contributed by atoms with Crippen molar-refractivity contribution in [1.82, 2.24) is 5.32 Å². The Bertz CT molecular complexity index is 922. The van der Waals surface area contributed by atoms with Crippen molar-refractivity contribution >= 4 is 44.5 Å². The molecule has 1 aromatic carbocycles. The highest BCUT2D eigenvalue weighted by molar-refractivity contribution is 8.15. The Kier molecular flexibility index (Phi) is 4.85. The number of benzene rings is 1. The lowest BCUT2D eigenvalue weighted by Crippen LogP contribution is -2.36. The number of anilines is 1. The van der Waals surface area contributed by atoms with Crippen LogP contribution in [0.2, 0.25) is 0 Å². The lowest BCUT2D eigenvalue weighted by atomic mass is 10.2. The van der Waals surface area contributed by atoms with Gasteiger partial charge in [-0.05, 0) is 42.8 Å². The third-order valence-electron chi connectivity index (χ3n) is 4.76. The van der Waals surface area contributed by atoms with Crippen LogP contribution in [0.3, 0.4) is 0 Å². The van der Waals surface area contributed by atoms with Gasteiger partial charge in [0.2, 0.25) is 0 Å². The van der Waals surface area contributed by atoms with Crippen molar-refractivity contribution in [3.05, 3.63) is 23.8 Å². The van der Waals surface area contributed by atoms with Crippen LogP contribution in [-0.4, -0.2) is 50.4 Å². The summed E-state index contributed by atoms with van der Waals surface area (Å²) in [6.45, 7) is 0.0307. The number of ether oxygens (including phenoxy) is 1. The molecule has 1 aromatic rings. The van der Waals surface area contributed by atoms with Crippen molar-refractivity contribution < 1.29 is 22.7 Å². The maximum atomic E-state index is 12.3. The fraction of sp³-hybridized carbons (Fsp3) is 0.471. The Morgan fingerprint density at radius 1 is 1.30 bits per heavy atom. The van der Waals surface area contributed by atoms with E-state index in [-0.39, 0.29) is 24.3 Å². The lowest BCUT2D eigenvalue weighted by Gasteiger charge is -2.22. The van der Waals surface area contributed by atoms with Crippen molar-refractivity contribution in [2.45, 2.75) is 36.6 Å². The molecule has 10 heteroatoms. The van der Waals surface area contributed by atoms with Gasteiger partial charge in [0.05, 0.1) is 17.0 Å². The van der Waals surface area contributed by atoms with Crippen molar-refractivity contribution in [1.29, 1.82) is 0 Å². The fourth-order valence-electron chi connectivity index (χ4n) is 3.41. The number of nitrogens with zero attached hydrogens (tertiary/aromatic N) is 2. The zero-order chi connectivity index (χ0) is 19.0. The van der Waals surface area contributed by atoms with Crippen LogP contribution in [0.1, 0.15) is 36.0 Å². The number of carbonyl (C=O) groups excluding carboxylic acids is 2. The normalized spacial score (nSPS) is 20.6. The average molecular weight is 409 g/mol. The Morgan fingerprint density at radius 3 is 2.85 bits per heavy atom. The second-order valence-electron chi connectivity index (χ2n) is 6.72. The quantitative estimate of drug-likeness (QED) is 0.752. The van der Waals surface area contributed by atoms with Gasteiger partial charge in [0.1, 0.15) is 0 Å². The number of carbonyl (C=O) groups is 2. The number of esters is 1. The molecule has 0 bridgehead atoms. The zero-order valence-electron chi connectivity index (χ0n) is 14.5. The Hall–Kier alpha value is -2.07. The molecule has 0 atom stereocenters. The van der Waals surface area contributed by atoms with E-state index in [4.69, 9.17) is 4.74 Å². The summed E-state index contributed by atoms with van der Waals surface area (Å²) in [5.41, 5.74) is 1.14. The molecule has 1 amide bonds. The molecule has 0 spiro atoms. The fourth-order valence-corrected chi connectivity index (χ4v) is 5.71. The van der Waals surface area contributed by atoms with Gasteiger partial charge >= 0.3 is 5.97 Å². The van der Waals surface area contributed by atoms with E-state index in [0.717, 1.165) is 36.3 Å². The van der Waals surface area contributed by atoms with Gasteiger partial charge in [0.25, 0.3) is 15.9 Å². The van der Waals surface area contributed by atoms with Gasteiger partial charge in [-0.2, -0.15) is 0 Å². The van der Waals surface area contributed by atoms with Gasteiger partial charge in [-0.1, -0.05) is 12.8 Å². The molecule has 0 radical (unpaired) electrons. The minimum absolute atomic E-state index is 0.0314. The highest BCUT2D eigenvalue weighted by atomic mass is 32.2. The summed E-state index contributed by atoms with van der Waals surface area (Å²) < 4.78 is 32.2. The van der Waals surface area contributed by atoms with Gasteiger partial charge < -0.3 is 15.0 Å². The molecule has 1 saturated carbocycles. The molecule has 1 aliphatic carbocycles. The first kappa shape index (κ1) is 18.3. The summed E-state index contributed by atoms with van der Waals surface area (Å²) >= 11 is 1.21. The molecule has 144 valence electrons. The summed E-state index contributed by atoms with van der Waals surface area (Å²) in [6, 6.07) is 5.19. The number of hydrogen-bond acceptors (Lipinski definition) is 7. The molecule has 3 aliphatic rings. The molecule has 2 heterocycles. The van der Waals surface area contributed by atoms with E-state index in [1.165, 1.54) is 11.8 Å². The van der Waals surface area contributed by atoms with Crippen LogP contribution in [0.4, 0.5) is 5.69 Å². The molecule has 1 fully saturated rings. The Labute approximate surface area is 161 Å². The molecular formula is C17H19N3O5S2. The van der Waals surface area contributed by atoms with Crippen LogP contribution >= 0.6 is 11.8 Å². The van der Waals surface area contributed by atoms with E-state index in [9.17, 15) is 18.0 Å². The minimum atomic E-state index is -3.42. The van der Waals surface area contributed by atoms with Crippen LogP contribution in [-0.2, 0) is 19.6 Å². The Balaban J connectivity index is 1.40. The first-order valence-electron chi connectivity index (χ1n) is 8.80. The molecule has 8 nitrogen and oxygen atoms in total. The largest absolute Gasteiger partial charge is 0.452 e. The molecule has 4 rings (SSSR count). The summed E-state index contributed by atoms with van der Waals surface area (Å²) in [5.74, 6) is -0.905. The standard InChI is InChI=1S/C17H19N3O5S2/c21-15(18-12-3-1-2-4-12)10-25-16(22)11-5-6-13-14(9-11)26-17-19-27(23,24)8-7-20(13)17/h5-6,9,12H,1-4,7-8,10H2,(H,18,21). The van der Waals surface area contributed by atoms with Gasteiger partial charge in [0, 0.05) is 17.5 Å². The van der Waals surface area contributed by atoms with Crippen molar-refractivity contribution in [3.63, 3.8) is 0 Å². The van der Waals surface area contributed by atoms with E-state index >= 15 is 0 Å². The second kappa shape index (κ2) is 7.16. The maximum Gasteiger partial charge on any atom is 0.338 e. The number of amides is 1. The average Bonchev–Trinajstić information content (AvgIpc) is 3.24. The van der Waals surface area contributed by atoms with Crippen molar-refractivity contribution in [3.8, 4) is 0 Å². The van der Waals surface area contributed by atoms with Crippen molar-refractivity contribution in [2.75, 3.05) is 23.8 Å². The van der Waals surface area contributed by atoms with Gasteiger partial charge in [0.15, 0.2) is 11.8 Å². The summed E-state index contributed by atoms with van der Waals surface area (Å²) in [7, 11) is -3.42. The van der Waals surface area contributed by atoms with Crippen LogP contribution in [0.5, 0.6) is 0 Å². The molecular weight excluding hydrogens is 390 g/mol. The SMILES string of the molecule is O=C(COC(=O)c1ccc2c(c1)SC1=NS(=O)(=O)CCN12)NC1CCCC1. The summed E-state index contributed by atoms with van der Waals surface area (Å²) in [5, 5.41) is 3.27. The predicted octanol–water partition coefficient (Wildman–Crippen LogP) is 1.51. The number of rotatable bonds is 4. The molecule has 27 heavy (non-hydrogen) atoms. The van der Waals surface area contributed by atoms with Crippen molar-refractivity contribution in [2.24, 2.45) is 4.40 Å². The van der Waals surface area contributed by atoms with E-state index in [1.807, 2.05) is 4.90 Å². The van der Waals surface area contributed by atoms with Crippen LogP contribution in [0, 0.1) is 0 Å². The topological polar surface area (TPSA) is 105 Å². The van der Waals surface area contributed by atoms with Gasteiger partial charge in [-0.25, -0.2) is 13.2 Å². The Morgan fingerprint density at radius 2 is 2.07 bits per heavy atom. The first-order chi connectivity index (χ1) is 12.9. The summed E-state index contributed by atoms with van der Waals surface area (Å²) in [6.07, 6.45) is 4.16.